The zero-order valence-electron chi connectivity index (χ0n) is 11.0. The van der Waals surface area contributed by atoms with Crippen LogP contribution in [0.3, 0.4) is 0 Å². The Balaban J connectivity index is 1.74. The van der Waals surface area contributed by atoms with Gasteiger partial charge in [0.05, 0.1) is 6.10 Å². The molecule has 2 aromatic carbocycles. The van der Waals surface area contributed by atoms with Crippen molar-refractivity contribution in [2.45, 2.75) is 31.3 Å². The molecule has 0 radical (unpaired) electrons. The first-order valence-electron chi connectivity index (χ1n) is 6.85. The summed E-state index contributed by atoms with van der Waals surface area (Å²) in [6.07, 6.45) is 2.35. The van der Waals surface area contributed by atoms with E-state index in [0.717, 1.165) is 21.5 Å². The van der Waals surface area contributed by atoms with Crippen LogP contribution in [0.5, 0.6) is 0 Å². The third-order valence-electron chi connectivity index (χ3n) is 3.79. The van der Waals surface area contributed by atoms with E-state index in [1.54, 1.807) is 6.07 Å². The van der Waals surface area contributed by atoms with Crippen LogP contribution >= 0.6 is 15.9 Å². The lowest BCUT2D eigenvalue weighted by atomic mass is 9.99. The quantitative estimate of drug-likeness (QED) is 0.855. The molecule has 1 unspecified atom stereocenters. The maximum absolute atomic E-state index is 13.2. The van der Waals surface area contributed by atoms with Crippen molar-refractivity contribution in [1.29, 1.82) is 0 Å². The van der Waals surface area contributed by atoms with E-state index in [1.165, 1.54) is 30.5 Å². The highest BCUT2D eigenvalue weighted by Gasteiger charge is 2.23. The van der Waals surface area contributed by atoms with Gasteiger partial charge in [0.15, 0.2) is 0 Å². The third kappa shape index (κ3) is 3.10. The summed E-state index contributed by atoms with van der Waals surface area (Å²) >= 11 is 3.39. The van der Waals surface area contributed by atoms with Crippen molar-refractivity contribution >= 4 is 15.9 Å². The molecule has 0 bridgehead atoms. The fourth-order valence-corrected chi connectivity index (χ4v) is 2.84. The molecule has 0 aromatic heterocycles. The Kier molecular flexibility index (Phi) is 3.90. The molecule has 20 heavy (non-hydrogen) atoms. The second kappa shape index (κ2) is 5.66. The van der Waals surface area contributed by atoms with E-state index in [-0.39, 0.29) is 5.82 Å². The van der Waals surface area contributed by atoms with Crippen LogP contribution in [0, 0.1) is 5.82 Å². The molecule has 0 amide bonds. The number of hydrogen-bond donors (Lipinski definition) is 1. The number of benzene rings is 2. The van der Waals surface area contributed by atoms with Gasteiger partial charge in [0.1, 0.15) is 5.82 Å². The van der Waals surface area contributed by atoms with Crippen molar-refractivity contribution in [3.8, 4) is 0 Å². The van der Waals surface area contributed by atoms with Gasteiger partial charge in [-0.1, -0.05) is 40.2 Å². The molecule has 3 heteroatoms. The minimum absolute atomic E-state index is 0.278. The molecule has 1 aliphatic rings. The lowest BCUT2D eigenvalue weighted by Gasteiger charge is -2.13. The van der Waals surface area contributed by atoms with Crippen LogP contribution in [0.1, 0.15) is 41.6 Å². The van der Waals surface area contributed by atoms with Crippen molar-refractivity contribution in [3.63, 3.8) is 0 Å². The van der Waals surface area contributed by atoms with E-state index >= 15 is 0 Å². The summed E-state index contributed by atoms with van der Waals surface area (Å²) in [5, 5.41) is 10.3. The van der Waals surface area contributed by atoms with Gasteiger partial charge in [0.25, 0.3) is 0 Å². The van der Waals surface area contributed by atoms with Crippen LogP contribution in [0.25, 0.3) is 0 Å². The van der Waals surface area contributed by atoms with E-state index in [9.17, 15) is 9.50 Å². The summed E-state index contributed by atoms with van der Waals surface area (Å²) in [6, 6.07) is 12.7. The smallest absolute Gasteiger partial charge is 0.123 e. The maximum Gasteiger partial charge on any atom is 0.123 e. The van der Waals surface area contributed by atoms with Gasteiger partial charge in [-0.2, -0.15) is 0 Å². The first-order chi connectivity index (χ1) is 9.63. The van der Waals surface area contributed by atoms with Gasteiger partial charge in [-0.25, -0.2) is 4.39 Å². The van der Waals surface area contributed by atoms with Gasteiger partial charge in [0, 0.05) is 10.9 Å². The van der Waals surface area contributed by atoms with Crippen molar-refractivity contribution in [2.75, 3.05) is 0 Å². The molecule has 1 atom stereocenters. The number of halogens is 2. The van der Waals surface area contributed by atoms with Crippen LogP contribution in [-0.4, -0.2) is 5.11 Å². The predicted molar refractivity (Wildman–Crippen MR) is 81.2 cm³/mol. The molecule has 0 heterocycles. The van der Waals surface area contributed by atoms with Crippen molar-refractivity contribution in [3.05, 3.63) is 69.4 Å². The molecule has 3 rings (SSSR count). The van der Waals surface area contributed by atoms with E-state index in [0.29, 0.717) is 6.42 Å². The summed E-state index contributed by atoms with van der Waals surface area (Å²) in [5.74, 6) is 0.443. The molecular formula is C17H16BrFO. The molecule has 0 saturated heterocycles. The predicted octanol–water partition coefficient (Wildman–Crippen LogP) is 4.74. The fraction of sp³-hybridized carbons (Fsp3) is 0.294. The number of aliphatic hydroxyl groups is 1. The summed E-state index contributed by atoms with van der Waals surface area (Å²) in [7, 11) is 0. The highest BCUT2D eigenvalue weighted by molar-refractivity contribution is 9.10. The number of rotatable bonds is 4. The largest absolute Gasteiger partial charge is 0.388 e. The van der Waals surface area contributed by atoms with Crippen molar-refractivity contribution < 1.29 is 9.50 Å². The molecule has 1 N–H and O–H groups in total. The van der Waals surface area contributed by atoms with Crippen molar-refractivity contribution in [1.82, 2.24) is 0 Å². The Labute approximate surface area is 126 Å². The molecule has 0 aliphatic heterocycles. The summed E-state index contributed by atoms with van der Waals surface area (Å²) in [4.78, 5) is 0. The highest BCUT2D eigenvalue weighted by atomic mass is 79.9. The lowest BCUT2D eigenvalue weighted by molar-refractivity contribution is 0.178. The summed E-state index contributed by atoms with van der Waals surface area (Å²) < 4.78 is 14.1. The zero-order valence-corrected chi connectivity index (χ0v) is 12.6. The molecule has 2 aromatic rings. The summed E-state index contributed by atoms with van der Waals surface area (Å²) in [6.45, 7) is 0. The van der Waals surface area contributed by atoms with Gasteiger partial charge in [-0.15, -0.1) is 0 Å². The topological polar surface area (TPSA) is 20.2 Å². The van der Waals surface area contributed by atoms with E-state index in [2.05, 4.69) is 28.1 Å². The van der Waals surface area contributed by atoms with Crippen LogP contribution in [-0.2, 0) is 6.42 Å². The van der Waals surface area contributed by atoms with Crippen LogP contribution in [0.15, 0.2) is 46.9 Å². The first kappa shape index (κ1) is 13.8. The Hall–Kier alpha value is -1.19. The Morgan fingerprint density at radius 3 is 2.50 bits per heavy atom. The van der Waals surface area contributed by atoms with E-state index < -0.39 is 6.10 Å². The Bertz CT molecular complexity index is 605. The monoisotopic (exact) mass is 334 g/mol. The minimum Gasteiger partial charge on any atom is -0.388 e. The number of aliphatic hydroxyl groups excluding tert-OH is 1. The first-order valence-corrected chi connectivity index (χ1v) is 7.64. The Morgan fingerprint density at radius 1 is 1.15 bits per heavy atom. The second-order valence-corrected chi connectivity index (χ2v) is 6.25. The average Bonchev–Trinajstić information content (AvgIpc) is 3.27. The van der Waals surface area contributed by atoms with Gasteiger partial charge >= 0.3 is 0 Å². The molecule has 0 spiro atoms. The third-order valence-corrected chi connectivity index (χ3v) is 4.56. The maximum atomic E-state index is 13.2. The molecule has 1 saturated carbocycles. The van der Waals surface area contributed by atoms with Crippen LogP contribution in [0.2, 0.25) is 0 Å². The molecule has 1 aliphatic carbocycles. The summed E-state index contributed by atoms with van der Waals surface area (Å²) in [5.41, 5.74) is 3.02. The van der Waals surface area contributed by atoms with E-state index in [1.807, 2.05) is 12.1 Å². The highest BCUT2D eigenvalue weighted by Crippen LogP contribution is 2.40. The van der Waals surface area contributed by atoms with Crippen LogP contribution in [0.4, 0.5) is 4.39 Å². The van der Waals surface area contributed by atoms with Gasteiger partial charge in [0.2, 0.25) is 0 Å². The fourth-order valence-electron chi connectivity index (χ4n) is 2.43. The molecule has 1 fully saturated rings. The lowest BCUT2D eigenvalue weighted by Crippen LogP contribution is -2.03. The normalized spacial score (nSPS) is 16.1. The van der Waals surface area contributed by atoms with Gasteiger partial charge in [-0.3, -0.25) is 0 Å². The van der Waals surface area contributed by atoms with Gasteiger partial charge in [-0.05, 0) is 53.6 Å². The standard InChI is InChI=1S/C17H16BrFO/c18-16-8-7-15(19)9-14(16)10-17(20)13-5-3-12(4-6-13)11-1-2-11/h3-9,11,17,20H,1-2,10H2. The van der Waals surface area contributed by atoms with Crippen LogP contribution < -0.4 is 0 Å². The molecule has 1 nitrogen and oxygen atoms in total. The number of hydrogen-bond acceptors (Lipinski definition) is 1. The SMILES string of the molecule is OC(Cc1cc(F)ccc1Br)c1ccc(C2CC2)cc1. The second-order valence-electron chi connectivity index (χ2n) is 5.40. The molecule has 104 valence electrons. The average molecular weight is 335 g/mol. The van der Waals surface area contributed by atoms with Gasteiger partial charge < -0.3 is 5.11 Å². The van der Waals surface area contributed by atoms with Crippen molar-refractivity contribution in [2.24, 2.45) is 0 Å². The minimum atomic E-state index is -0.610. The Morgan fingerprint density at radius 2 is 1.85 bits per heavy atom. The zero-order chi connectivity index (χ0) is 14.1. The molecular weight excluding hydrogens is 319 g/mol. The van der Waals surface area contributed by atoms with E-state index in [4.69, 9.17) is 0 Å².